The minimum atomic E-state index is -0.128. The maximum atomic E-state index is 12.4. The number of aromatic amines is 1. The second-order valence-corrected chi connectivity index (χ2v) is 5.83. The Hall–Kier alpha value is -2.82. The molecule has 1 aliphatic rings. The fourth-order valence-electron chi connectivity index (χ4n) is 2.99. The Morgan fingerprint density at radius 3 is 2.78 bits per heavy atom. The van der Waals surface area contributed by atoms with Gasteiger partial charge in [0.2, 0.25) is 0 Å². The van der Waals surface area contributed by atoms with E-state index in [4.69, 9.17) is 0 Å². The molecule has 116 valence electrons. The van der Waals surface area contributed by atoms with Gasteiger partial charge in [-0.2, -0.15) is 0 Å². The summed E-state index contributed by atoms with van der Waals surface area (Å²) in [7, 11) is 0. The van der Waals surface area contributed by atoms with Crippen molar-refractivity contribution < 1.29 is 4.79 Å². The molecule has 0 aliphatic carbocycles. The molecule has 1 aliphatic heterocycles. The predicted octanol–water partition coefficient (Wildman–Crippen LogP) is 3.42. The predicted molar refractivity (Wildman–Crippen MR) is 91.9 cm³/mol. The van der Waals surface area contributed by atoms with Gasteiger partial charge in [0, 0.05) is 30.4 Å². The van der Waals surface area contributed by atoms with Crippen molar-refractivity contribution in [3.63, 3.8) is 0 Å². The minimum Gasteiger partial charge on any atom is -0.361 e. The first-order chi connectivity index (χ1) is 11.3. The van der Waals surface area contributed by atoms with Crippen molar-refractivity contribution in [2.75, 3.05) is 23.3 Å². The number of nitrogens with zero attached hydrogens (tertiary/aromatic N) is 2. The van der Waals surface area contributed by atoms with Crippen LogP contribution in [0.1, 0.15) is 23.2 Å². The number of aromatic nitrogens is 2. The second-order valence-electron chi connectivity index (χ2n) is 5.83. The number of carbonyl (C=O) groups is 1. The van der Waals surface area contributed by atoms with Crippen LogP contribution in [-0.4, -0.2) is 29.0 Å². The molecule has 0 bridgehead atoms. The van der Waals surface area contributed by atoms with Crippen LogP contribution in [0.2, 0.25) is 0 Å². The van der Waals surface area contributed by atoms with Crippen LogP contribution in [-0.2, 0) is 0 Å². The molecule has 0 radical (unpaired) electrons. The average molecular weight is 306 g/mol. The zero-order valence-corrected chi connectivity index (χ0v) is 12.7. The van der Waals surface area contributed by atoms with Gasteiger partial charge in [-0.15, -0.1) is 0 Å². The van der Waals surface area contributed by atoms with Crippen molar-refractivity contribution in [2.45, 2.75) is 12.8 Å². The van der Waals surface area contributed by atoms with E-state index in [1.54, 1.807) is 6.20 Å². The lowest BCUT2D eigenvalue weighted by molar-refractivity contribution is 0.102. The molecule has 1 aromatic carbocycles. The highest BCUT2D eigenvalue weighted by atomic mass is 16.1. The quantitative estimate of drug-likeness (QED) is 0.779. The summed E-state index contributed by atoms with van der Waals surface area (Å²) in [6.07, 6.45) is 6.04. The van der Waals surface area contributed by atoms with Gasteiger partial charge in [0.15, 0.2) is 0 Å². The van der Waals surface area contributed by atoms with Gasteiger partial charge in [-0.3, -0.25) is 4.79 Å². The third-order valence-corrected chi connectivity index (χ3v) is 4.25. The van der Waals surface area contributed by atoms with Crippen molar-refractivity contribution in [1.82, 2.24) is 9.97 Å². The fourth-order valence-corrected chi connectivity index (χ4v) is 2.99. The molecular weight excluding hydrogens is 288 g/mol. The number of carbonyl (C=O) groups excluding carboxylic acids is 1. The first-order valence-corrected chi connectivity index (χ1v) is 7.89. The number of anilines is 2. The first-order valence-electron chi connectivity index (χ1n) is 7.89. The Kier molecular flexibility index (Phi) is 3.46. The Morgan fingerprint density at radius 2 is 2.00 bits per heavy atom. The summed E-state index contributed by atoms with van der Waals surface area (Å²) in [5, 5.41) is 3.99. The van der Waals surface area contributed by atoms with Crippen LogP contribution in [0.3, 0.4) is 0 Å². The molecule has 5 heteroatoms. The lowest BCUT2D eigenvalue weighted by Gasteiger charge is -2.16. The molecule has 3 aromatic rings. The Bertz CT molecular complexity index is 832. The van der Waals surface area contributed by atoms with E-state index in [0.717, 1.165) is 29.8 Å². The summed E-state index contributed by atoms with van der Waals surface area (Å²) in [6.45, 7) is 2.13. The first kappa shape index (κ1) is 13.8. The zero-order valence-electron chi connectivity index (χ0n) is 12.7. The molecule has 5 nitrogen and oxygen atoms in total. The molecule has 2 aromatic heterocycles. The number of amides is 1. The van der Waals surface area contributed by atoms with E-state index in [1.807, 2.05) is 42.6 Å². The number of nitrogens with one attached hydrogen (secondary N) is 2. The molecule has 2 N–H and O–H groups in total. The zero-order chi connectivity index (χ0) is 15.6. The molecule has 1 amide bonds. The lowest BCUT2D eigenvalue weighted by atomic mass is 10.1. The molecule has 23 heavy (non-hydrogen) atoms. The molecule has 3 heterocycles. The molecule has 0 spiro atoms. The lowest BCUT2D eigenvalue weighted by Crippen LogP contribution is -2.19. The summed E-state index contributed by atoms with van der Waals surface area (Å²) in [6, 6.07) is 11.5. The topological polar surface area (TPSA) is 61.0 Å². The summed E-state index contributed by atoms with van der Waals surface area (Å²) in [4.78, 5) is 22.2. The van der Waals surface area contributed by atoms with Crippen molar-refractivity contribution >= 4 is 28.3 Å². The van der Waals surface area contributed by atoms with Gasteiger partial charge in [0.25, 0.3) is 5.91 Å². The van der Waals surface area contributed by atoms with Gasteiger partial charge in [-0.25, -0.2) is 4.98 Å². The fraction of sp³-hybridized carbons (Fsp3) is 0.222. The van der Waals surface area contributed by atoms with E-state index in [2.05, 4.69) is 20.2 Å². The molecule has 0 atom stereocenters. The number of hydrogen-bond acceptors (Lipinski definition) is 3. The Labute approximate surface area is 134 Å². The van der Waals surface area contributed by atoms with Crippen molar-refractivity contribution in [1.29, 1.82) is 0 Å². The van der Waals surface area contributed by atoms with Gasteiger partial charge in [0.05, 0.1) is 11.9 Å². The normalized spacial score (nSPS) is 14.3. The van der Waals surface area contributed by atoms with Crippen LogP contribution >= 0.6 is 0 Å². The van der Waals surface area contributed by atoms with E-state index in [-0.39, 0.29) is 5.91 Å². The molecule has 1 fully saturated rings. The van der Waals surface area contributed by atoms with Crippen molar-refractivity contribution in [3.05, 3.63) is 54.4 Å². The summed E-state index contributed by atoms with van der Waals surface area (Å²) >= 11 is 0. The van der Waals surface area contributed by atoms with Crippen LogP contribution in [0.5, 0.6) is 0 Å². The van der Waals surface area contributed by atoms with Gasteiger partial charge in [-0.1, -0.05) is 6.07 Å². The van der Waals surface area contributed by atoms with Crippen LogP contribution in [0.15, 0.2) is 48.8 Å². The van der Waals surface area contributed by atoms with E-state index in [1.165, 1.54) is 12.8 Å². The second kappa shape index (κ2) is 5.76. The number of benzene rings is 1. The third-order valence-electron chi connectivity index (χ3n) is 4.25. The monoisotopic (exact) mass is 306 g/mol. The molecule has 4 rings (SSSR count). The number of H-pyrrole nitrogens is 1. The maximum absolute atomic E-state index is 12.4. The molecule has 0 unspecified atom stereocenters. The highest BCUT2D eigenvalue weighted by Gasteiger charge is 2.13. The Morgan fingerprint density at radius 1 is 1.13 bits per heavy atom. The number of hydrogen-bond donors (Lipinski definition) is 2. The average Bonchev–Trinajstić information content (AvgIpc) is 3.26. The number of rotatable bonds is 3. The van der Waals surface area contributed by atoms with Gasteiger partial charge < -0.3 is 15.2 Å². The molecule has 0 saturated carbocycles. The standard InChI is InChI=1S/C18H18N4O/c23-18(14-4-3-13-7-8-19-16(13)11-14)21-15-5-6-17(20-12-15)22-9-1-2-10-22/h3-8,11-12,19H,1-2,9-10H2,(H,21,23). The van der Waals surface area contributed by atoms with E-state index in [0.29, 0.717) is 11.3 Å². The third kappa shape index (κ3) is 2.77. The molecule has 1 saturated heterocycles. The van der Waals surface area contributed by atoms with Gasteiger partial charge >= 0.3 is 0 Å². The van der Waals surface area contributed by atoms with Crippen molar-refractivity contribution in [3.8, 4) is 0 Å². The van der Waals surface area contributed by atoms with Crippen molar-refractivity contribution in [2.24, 2.45) is 0 Å². The summed E-state index contributed by atoms with van der Waals surface area (Å²) in [5.41, 5.74) is 2.30. The van der Waals surface area contributed by atoms with E-state index < -0.39 is 0 Å². The van der Waals surface area contributed by atoms with Gasteiger partial charge in [0.1, 0.15) is 5.82 Å². The molecular formula is C18H18N4O. The number of fused-ring (bicyclic) bond motifs is 1. The van der Waals surface area contributed by atoms with Crippen LogP contribution in [0.25, 0.3) is 10.9 Å². The van der Waals surface area contributed by atoms with Crippen LogP contribution < -0.4 is 10.2 Å². The summed E-state index contributed by atoms with van der Waals surface area (Å²) in [5.74, 6) is 0.852. The highest BCUT2D eigenvalue weighted by molar-refractivity contribution is 6.06. The Balaban J connectivity index is 1.49. The summed E-state index contributed by atoms with van der Waals surface area (Å²) < 4.78 is 0. The van der Waals surface area contributed by atoms with E-state index in [9.17, 15) is 4.79 Å². The highest BCUT2D eigenvalue weighted by Crippen LogP contribution is 2.20. The van der Waals surface area contributed by atoms with Crippen LogP contribution in [0.4, 0.5) is 11.5 Å². The smallest absolute Gasteiger partial charge is 0.255 e. The van der Waals surface area contributed by atoms with Gasteiger partial charge in [-0.05, 0) is 48.6 Å². The maximum Gasteiger partial charge on any atom is 0.255 e. The minimum absolute atomic E-state index is 0.128. The largest absolute Gasteiger partial charge is 0.361 e. The van der Waals surface area contributed by atoms with E-state index >= 15 is 0 Å². The van der Waals surface area contributed by atoms with Crippen LogP contribution in [0, 0.1) is 0 Å². The number of pyridine rings is 1. The SMILES string of the molecule is O=C(Nc1ccc(N2CCCC2)nc1)c1ccc2cc[nH]c2c1.